The lowest BCUT2D eigenvalue weighted by Gasteiger charge is -2.26. The molecule has 0 saturated heterocycles. The van der Waals surface area contributed by atoms with Crippen LogP contribution < -0.4 is 0 Å². The highest BCUT2D eigenvalue weighted by molar-refractivity contribution is 5.18. The van der Waals surface area contributed by atoms with Crippen LogP contribution in [0.1, 0.15) is 50.0 Å². The molecule has 2 aromatic rings. The summed E-state index contributed by atoms with van der Waals surface area (Å²) in [5.41, 5.74) is 0.943. The molecule has 1 aliphatic carbocycles. The van der Waals surface area contributed by atoms with Gasteiger partial charge in [0.2, 0.25) is 11.8 Å². The molecule has 0 bridgehead atoms. The zero-order valence-corrected chi connectivity index (χ0v) is 12.8. The molecule has 118 valence electrons. The number of ether oxygens (including phenoxy) is 1. The molecular weight excluding hydrogens is 283 g/mol. The van der Waals surface area contributed by atoms with E-state index in [-0.39, 0.29) is 5.82 Å². The van der Waals surface area contributed by atoms with E-state index in [1.807, 2.05) is 0 Å². The van der Waals surface area contributed by atoms with Crippen LogP contribution in [0.25, 0.3) is 0 Å². The molecule has 22 heavy (non-hydrogen) atoms. The van der Waals surface area contributed by atoms with Crippen LogP contribution in [0.5, 0.6) is 0 Å². The van der Waals surface area contributed by atoms with Crippen molar-refractivity contribution in [2.45, 2.75) is 51.7 Å². The first kappa shape index (κ1) is 15.2. The molecule has 1 aromatic heterocycles. The average molecular weight is 304 g/mol. The summed E-state index contributed by atoms with van der Waals surface area (Å²) in [4.78, 5) is 0. The highest BCUT2D eigenvalue weighted by Crippen LogP contribution is 2.26. The fourth-order valence-electron chi connectivity index (χ4n) is 2.91. The Morgan fingerprint density at radius 2 is 1.95 bits per heavy atom. The molecule has 1 aromatic carbocycles. The van der Waals surface area contributed by atoms with Crippen molar-refractivity contribution < 1.29 is 13.5 Å². The lowest BCUT2D eigenvalue weighted by Crippen LogP contribution is -2.21. The summed E-state index contributed by atoms with van der Waals surface area (Å²) in [5.74, 6) is 1.53. The van der Waals surface area contributed by atoms with Gasteiger partial charge >= 0.3 is 0 Å². The van der Waals surface area contributed by atoms with Crippen LogP contribution in [0, 0.1) is 11.7 Å². The standard InChI is InChI=1S/C17H21FN2O2/c1-12-3-2-4-15(9-12)21-11-17-20-19-16(22-17)10-13-5-7-14(18)8-6-13/h5-8,12,15H,2-4,9-11H2,1H3. The maximum Gasteiger partial charge on any atom is 0.242 e. The SMILES string of the molecule is CC1CCCC(OCc2nnc(Cc3ccc(F)cc3)o2)C1. The number of benzene rings is 1. The third-order valence-electron chi connectivity index (χ3n) is 4.11. The first-order valence-electron chi connectivity index (χ1n) is 7.86. The van der Waals surface area contributed by atoms with E-state index in [4.69, 9.17) is 9.15 Å². The molecular formula is C17H21FN2O2. The van der Waals surface area contributed by atoms with E-state index in [0.717, 1.165) is 24.3 Å². The normalized spacial score (nSPS) is 21.9. The zero-order chi connectivity index (χ0) is 15.4. The van der Waals surface area contributed by atoms with E-state index in [1.54, 1.807) is 12.1 Å². The van der Waals surface area contributed by atoms with Crippen molar-refractivity contribution in [1.82, 2.24) is 10.2 Å². The first-order valence-corrected chi connectivity index (χ1v) is 7.86. The summed E-state index contributed by atoms with van der Waals surface area (Å²) in [6.07, 6.45) is 5.55. The Morgan fingerprint density at radius 3 is 2.73 bits per heavy atom. The Balaban J connectivity index is 1.51. The topological polar surface area (TPSA) is 48.2 Å². The number of hydrogen-bond acceptors (Lipinski definition) is 4. The van der Waals surface area contributed by atoms with E-state index in [0.29, 0.717) is 30.9 Å². The minimum absolute atomic E-state index is 0.245. The molecule has 0 amide bonds. The van der Waals surface area contributed by atoms with E-state index < -0.39 is 0 Å². The van der Waals surface area contributed by atoms with Crippen LogP contribution in [0.2, 0.25) is 0 Å². The van der Waals surface area contributed by atoms with Crippen molar-refractivity contribution >= 4 is 0 Å². The van der Waals surface area contributed by atoms with Gasteiger partial charge in [-0.25, -0.2) is 4.39 Å². The quantitative estimate of drug-likeness (QED) is 0.840. The van der Waals surface area contributed by atoms with Gasteiger partial charge in [-0.15, -0.1) is 10.2 Å². The third kappa shape index (κ3) is 4.13. The lowest BCUT2D eigenvalue weighted by atomic mass is 9.89. The summed E-state index contributed by atoms with van der Waals surface area (Å²) in [6, 6.07) is 6.30. The van der Waals surface area contributed by atoms with E-state index in [1.165, 1.54) is 25.0 Å². The van der Waals surface area contributed by atoms with Gasteiger partial charge in [-0.3, -0.25) is 0 Å². The second-order valence-electron chi connectivity index (χ2n) is 6.10. The molecule has 1 heterocycles. The van der Waals surface area contributed by atoms with Gasteiger partial charge in [0.15, 0.2) is 0 Å². The van der Waals surface area contributed by atoms with E-state index in [9.17, 15) is 4.39 Å². The van der Waals surface area contributed by atoms with Crippen LogP contribution in [-0.4, -0.2) is 16.3 Å². The molecule has 0 N–H and O–H groups in total. The molecule has 2 atom stereocenters. The van der Waals surface area contributed by atoms with Gasteiger partial charge in [0.1, 0.15) is 12.4 Å². The van der Waals surface area contributed by atoms with Gasteiger partial charge in [-0.2, -0.15) is 0 Å². The van der Waals surface area contributed by atoms with Crippen LogP contribution in [0.3, 0.4) is 0 Å². The van der Waals surface area contributed by atoms with Gasteiger partial charge < -0.3 is 9.15 Å². The monoisotopic (exact) mass is 304 g/mol. The molecule has 4 nitrogen and oxygen atoms in total. The van der Waals surface area contributed by atoms with E-state index in [2.05, 4.69) is 17.1 Å². The van der Waals surface area contributed by atoms with Crippen molar-refractivity contribution in [1.29, 1.82) is 0 Å². The van der Waals surface area contributed by atoms with Crippen LogP contribution in [-0.2, 0) is 17.8 Å². The minimum Gasteiger partial charge on any atom is -0.422 e. The molecule has 0 aliphatic heterocycles. The van der Waals surface area contributed by atoms with Gasteiger partial charge in [-0.1, -0.05) is 31.9 Å². The van der Waals surface area contributed by atoms with Crippen molar-refractivity contribution in [3.63, 3.8) is 0 Å². The number of hydrogen-bond donors (Lipinski definition) is 0. The predicted molar refractivity (Wildman–Crippen MR) is 79.7 cm³/mol. The summed E-state index contributed by atoms with van der Waals surface area (Å²) in [7, 11) is 0. The number of aromatic nitrogens is 2. The van der Waals surface area contributed by atoms with Crippen molar-refractivity contribution in [3.05, 3.63) is 47.4 Å². The highest BCUT2D eigenvalue weighted by Gasteiger charge is 2.20. The lowest BCUT2D eigenvalue weighted by molar-refractivity contribution is -0.00489. The van der Waals surface area contributed by atoms with Gasteiger partial charge in [0.05, 0.1) is 12.5 Å². The fraction of sp³-hybridized carbons (Fsp3) is 0.529. The molecule has 5 heteroatoms. The molecule has 2 unspecified atom stereocenters. The highest BCUT2D eigenvalue weighted by atomic mass is 19.1. The smallest absolute Gasteiger partial charge is 0.242 e. The van der Waals surface area contributed by atoms with Crippen LogP contribution >= 0.6 is 0 Å². The van der Waals surface area contributed by atoms with Gasteiger partial charge in [-0.05, 0) is 36.5 Å². The van der Waals surface area contributed by atoms with Crippen LogP contribution in [0.15, 0.2) is 28.7 Å². The summed E-state index contributed by atoms with van der Waals surface area (Å²) < 4.78 is 24.3. The zero-order valence-electron chi connectivity index (χ0n) is 12.8. The summed E-state index contributed by atoms with van der Waals surface area (Å²) >= 11 is 0. The Labute approximate surface area is 129 Å². The Hall–Kier alpha value is -1.75. The molecule has 3 rings (SSSR count). The van der Waals surface area contributed by atoms with Crippen molar-refractivity contribution in [2.24, 2.45) is 5.92 Å². The van der Waals surface area contributed by atoms with E-state index >= 15 is 0 Å². The fourth-order valence-corrected chi connectivity index (χ4v) is 2.91. The largest absolute Gasteiger partial charge is 0.422 e. The van der Waals surface area contributed by atoms with Gasteiger partial charge in [0, 0.05) is 0 Å². The Kier molecular flexibility index (Phi) is 4.83. The summed E-state index contributed by atoms with van der Waals surface area (Å²) in [5, 5.41) is 8.04. The summed E-state index contributed by atoms with van der Waals surface area (Å²) in [6.45, 7) is 2.64. The molecule has 0 radical (unpaired) electrons. The average Bonchev–Trinajstić information content (AvgIpc) is 2.95. The first-order chi connectivity index (χ1) is 10.7. The molecule has 1 saturated carbocycles. The number of halogens is 1. The predicted octanol–water partition coefficient (Wildman–Crippen LogP) is 3.89. The Morgan fingerprint density at radius 1 is 1.18 bits per heavy atom. The molecule has 0 spiro atoms. The maximum atomic E-state index is 12.9. The minimum atomic E-state index is -0.245. The maximum absolute atomic E-state index is 12.9. The third-order valence-corrected chi connectivity index (χ3v) is 4.11. The second-order valence-corrected chi connectivity index (χ2v) is 6.10. The Bertz CT molecular complexity index is 597. The second kappa shape index (κ2) is 7.01. The number of nitrogens with zero attached hydrogens (tertiary/aromatic N) is 2. The van der Waals surface area contributed by atoms with Crippen molar-refractivity contribution in [3.8, 4) is 0 Å². The van der Waals surface area contributed by atoms with Crippen LogP contribution in [0.4, 0.5) is 4.39 Å². The number of rotatable bonds is 5. The molecule has 1 fully saturated rings. The van der Waals surface area contributed by atoms with Gasteiger partial charge in [0.25, 0.3) is 0 Å². The molecule has 1 aliphatic rings. The van der Waals surface area contributed by atoms with Crippen molar-refractivity contribution in [2.75, 3.05) is 0 Å².